The predicted molar refractivity (Wildman–Crippen MR) is 70.2 cm³/mol. The molecule has 2 rings (SSSR count). The molecular weight excluding hydrogens is 300 g/mol. The van der Waals surface area contributed by atoms with Crippen LogP contribution in [-0.2, 0) is 0 Å². The Morgan fingerprint density at radius 1 is 1.33 bits per heavy atom. The Labute approximate surface area is 112 Å². The van der Waals surface area contributed by atoms with E-state index >= 15 is 0 Å². The molecule has 18 heavy (non-hydrogen) atoms. The molecule has 0 saturated carbocycles. The lowest BCUT2D eigenvalue weighted by Crippen LogP contribution is -1.91. The van der Waals surface area contributed by atoms with E-state index in [1.165, 1.54) is 0 Å². The van der Waals surface area contributed by atoms with Gasteiger partial charge in [0.1, 0.15) is 21.8 Å². The number of halogens is 1. The molecule has 0 spiro atoms. The van der Waals surface area contributed by atoms with E-state index in [9.17, 15) is 4.79 Å². The van der Waals surface area contributed by atoms with Crippen molar-refractivity contribution >= 4 is 22.2 Å². The van der Waals surface area contributed by atoms with Crippen molar-refractivity contribution in [3.8, 4) is 22.8 Å². The number of rotatable bonds is 4. The number of hydrogen-bond acceptors (Lipinski definition) is 4. The van der Waals surface area contributed by atoms with Crippen molar-refractivity contribution < 1.29 is 14.3 Å². The Hall–Kier alpha value is -1.82. The molecule has 0 atom stereocenters. The third-order valence-corrected chi connectivity index (χ3v) is 3.03. The monoisotopic (exact) mass is 310 g/mol. The number of aromatic amines is 1. The quantitative estimate of drug-likeness (QED) is 0.882. The van der Waals surface area contributed by atoms with Crippen LogP contribution in [-0.4, -0.2) is 30.5 Å². The molecule has 0 radical (unpaired) electrons. The number of aromatic nitrogens is 2. The number of ether oxygens (including phenoxy) is 2. The largest absolute Gasteiger partial charge is 0.497 e. The fourth-order valence-electron chi connectivity index (χ4n) is 1.60. The normalized spacial score (nSPS) is 10.2. The van der Waals surface area contributed by atoms with Crippen LogP contribution in [0.4, 0.5) is 0 Å². The summed E-state index contributed by atoms with van der Waals surface area (Å²) >= 11 is 3.33. The molecule has 0 bridgehead atoms. The van der Waals surface area contributed by atoms with Gasteiger partial charge in [-0.3, -0.25) is 4.79 Å². The van der Waals surface area contributed by atoms with Crippen molar-refractivity contribution in [3.05, 3.63) is 28.6 Å². The van der Waals surface area contributed by atoms with Gasteiger partial charge >= 0.3 is 0 Å². The SMILES string of the molecule is COc1ccc(OC)c(-c2nc(C=O)[nH]c2Br)c1. The summed E-state index contributed by atoms with van der Waals surface area (Å²) in [6.45, 7) is 0. The van der Waals surface area contributed by atoms with Gasteiger partial charge in [0.2, 0.25) is 0 Å². The van der Waals surface area contributed by atoms with Gasteiger partial charge in [-0.2, -0.15) is 0 Å². The molecule has 1 aromatic heterocycles. The third kappa shape index (κ3) is 2.24. The minimum atomic E-state index is 0.252. The summed E-state index contributed by atoms with van der Waals surface area (Å²) in [6, 6.07) is 5.38. The van der Waals surface area contributed by atoms with Crippen LogP contribution in [0.15, 0.2) is 22.8 Å². The van der Waals surface area contributed by atoms with Crippen LogP contribution in [0.5, 0.6) is 11.5 Å². The lowest BCUT2D eigenvalue weighted by molar-refractivity contribution is 0.111. The first-order valence-corrected chi connectivity index (χ1v) is 5.92. The maximum Gasteiger partial charge on any atom is 0.185 e. The standard InChI is InChI=1S/C12H11BrN2O3/c1-17-7-3-4-9(18-2)8(5-7)11-12(13)15-10(6-16)14-11/h3-6H,1-2H3,(H,14,15). The molecule has 0 amide bonds. The highest BCUT2D eigenvalue weighted by Gasteiger charge is 2.15. The number of H-pyrrole nitrogens is 1. The van der Waals surface area contributed by atoms with Crippen molar-refractivity contribution in [2.45, 2.75) is 0 Å². The zero-order valence-corrected chi connectivity index (χ0v) is 11.4. The molecule has 0 aliphatic carbocycles. The van der Waals surface area contributed by atoms with Crippen molar-refractivity contribution in [2.24, 2.45) is 0 Å². The molecule has 5 nitrogen and oxygen atoms in total. The summed E-state index contributed by atoms with van der Waals surface area (Å²) in [6.07, 6.45) is 0.654. The zero-order chi connectivity index (χ0) is 13.1. The van der Waals surface area contributed by atoms with Gasteiger partial charge < -0.3 is 14.5 Å². The number of nitrogens with one attached hydrogen (secondary N) is 1. The van der Waals surface area contributed by atoms with E-state index in [2.05, 4.69) is 25.9 Å². The summed E-state index contributed by atoms with van der Waals surface area (Å²) in [5, 5.41) is 0. The number of benzene rings is 1. The highest BCUT2D eigenvalue weighted by molar-refractivity contribution is 9.10. The number of hydrogen-bond donors (Lipinski definition) is 1. The first-order chi connectivity index (χ1) is 8.69. The first-order valence-electron chi connectivity index (χ1n) is 5.12. The highest BCUT2D eigenvalue weighted by Crippen LogP contribution is 2.35. The summed E-state index contributed by atoms with van der Waals surface area (Å²) in [5.41, 5.74) is 1.35. The Kier molecular flexibility index (Phi) is 3.66. The van der Waals surface area contributed by atoms with Crippen molar-refractivity contribution in [2.75, 3.05) is 14.2 Å². The van der Waals surface area contributed by atoms with E-state index in [0.29, 0.717) is 28.1 Å². The molecule has 94 valence electrons. The van der Waals surface area contributed by atoms with Crippen molar-refractivity contribution in [1.82, 2.24) is 9.97 Å². The second kappa shape index (κ2) is 5.22. The number of aldehydes is 1. The van der Waals surface area contributed by atoms with Crippen LogP contribution in [0.2, 0.25) is 0 Å². The van der Waals surface area contributed by atoms with Gasteiger partial charge in [0.25, 0.3) is 0 Å². The number of methoxy groups -OCH3 is 2. The molecule has 0 aliphatic heterocycles. The third-order valence-electron chi connectivity index (χ3n) is 2.45. The molecule has 0 fully saturated rings. The number of nitrogens with zero attached hydrogens (tertiary/aromatic N) is 1. The molecule has 1 aromatic carbocycles. The van der Waals surface area contributed by atoms with E-state index in [4.69, 9.17) is 9.47 Å². The molecule has 0 unspecified atom stereocenters. The Morgan fingerprint density at radius 2 is 2.11 bits per heavy atom. The van der Waals surface area contributed by atoms with Gasteiger partial charge in [-0.05, 0) is 34.1 Å². The van der Waals surface area contributed by atoms with E-state index in [1.54, 1.807) is 32.4 Å². The van der Waals surface area contributed by atoms with Crippen LogP contribution >= 0.6 is 15.9 Å². The van der Waals surface area contributed by atoms with Gasteiger partial charge in [0, 0.05) is 5.56 Å². The van der Waals surface area contributed by atoms with E-state index in [-0.39, 0.29) is 5.82 Å². The topological polar surface area (TPSA) is 64.2 Å². The summed E-state index contributed by atoms with van der Waals surface area (Å²) in [4.78, 5) is 17.7. The summed E-state index contributed by atoms with van der Waals surface area (Å²) < 4.78 is 11.1. The van der Waals surface area contributed by atoms with E-state index < -0.39 is 0 Å². The van der Waals surface area contributed by atoms with E-state index in [1.807, 2.05) is 0 Å². The Bertz CT molecular complexity index is 581. The maximum atomic E-state index is 10.7. The lowest BCUT2D eigenvalue weighted by Gasteiger charge is -2.08. The average Bonchev–Trinajstić information content (AvgIpc) is 2.79. The van der Waals surface area contributed by atoms with Gasteiger partial charge in [-0.25, -0.2) is 4.98 Å². The molecular formula is C12H11BrN2O3. The minimum Gasteiger partial charge on any atom is -0.497 e. The summed E-state index contributed by atoms with van der Waals surface area (Å²) in [7, 11) is 3.16. The summed E-state index contributed by atoms with van der Waals surface area (Å²) in [5.74, 6) is 1.59. The average molecular weight is 311 g/mol. The molecule has 0 saturated heterocycles. The number of carbonyl (C=O) groups excluding carboxylic acids is 1. The van der Waals surface area contributed by atoms with Crippen LogP contribution < -0.4 is 9.47 Å². The highest BCUT2D eigenvalue weighted by atomic mass is 79.9. The number of imidazole rings is 1. The first kappa shape index (κ1) is 12.6. The number of carbonyl (C=O) groups is 1. The van der Waals surface area contributed by atoms with Gasteiger partial charge in [-0.15, -0.1) is 0 Å². The Balaban J connectivity index is 2.60. The van der Waals surface area contributed by atoms with Gasteiger partial charge in [0.05, 0.1) is 14.2 Å². The molecule has 6 heteroatoms. The molecule has 2 aromatic rings. The second-order valence-corrected chi connectivity index (χ2v) is 4.26. The maximum absolute atomic E-state index is 10.7. The molecule has 1 heterocycles. The minimum absolute atomic E-state index is 0.252. The van der Waals surface area contributed by atoms with Crippen LogP contribution in [0, 0.1) is 0 Å². The van der Waals surface area contributed by atoms with Crippen molar-refractivity contribution in [3.63, 3.8) is 0 Å². The molecule has 0 aliphatic rings. The predicted octanol–water partition coefficient (Wildman–Crippen LogP) is 2.67. The lowest BCUT2D eigenvalue weighted by atomic mass is 10.1. The van der Waals surface area contributed by atoms with E-state index in [0.717, 1.165) is 5.56 Å². The van der Waals surface area contributed by atoms with Gasteiger partial charge in [-0.1, -0.05) is 0 Å². The fraction of sp³-hybridized carbons (Fsp3) is 0.167. The second-order valence-electron chi connectivity index (χ2n) is 3.47. The van der Waals surface area contributed by atoms with Crippen LogP contribution in [0.3, 0.4) is 0 Å². The Morgan fingerprint density at radius 3 is 2.67 bits per heavy atom. The smallest absolute Gasteiger partial charge is 0.185 e. The fourth-order valence-corrected chi connectivity index (χ4v) is 2.11. The van der Waals surface area contributed by atoms with Crippen LogP contribution in [0.25, 0.3) is 11.3 Å². The van der Waals surface area contributed by atoms with Crippen LogP contribution in [0.1, 0.15) is 10.6 Å². The zero-order valence-electron chi connectivity index (χ0n) is 9.86. The van der Waals surface area contributed by atoms with Gasteiger partial charge in [0.15, 0.2) is 12.1 Å². The van der Waals surface area contributed by atoms with Crippen molar-refractivity contribution in [1.29, 1.82) is 0 Å². The molecule has 1 N–H and O–H groups in total.